The van der Waals surface area contributed by atoms with Gasteiger partial charge >= 0.3 is 6.09 Å². The number of alkyl carbamates (subject to hydrolysis) is 1. The minimum atomic E-state index is -0.694. The molecule has 4 saturated heterocycles. The fraction of sp³-hybridized carbons (Fsp3) is 0.500. The molecule has 4 aliphatic heterocycles. The lowest BCUT2D eigenvalue weighted by Gasteiger charge is -2.34. The smallest absolute Gasteiger partial charge is 0.407 e. The molecule has 0 aliphatic carbocycles. The fourth-order valence-electron chi connectivity index (χ4n) is 10.2. The van der Waals surface area contributed by atoms with Crippen LogP contribution in [0, 0.1) is 18.3 Å². The van der Waals surface area contributed by atoms with Gasteiger partial charge in [0, 0.05) is 37.6 Å². The zero-order valence-electron chi connectivity index (χ0n) is 36.6. The van der Waals surface area contributed by atoms with Gasteiger partial charge < -0.3 is 44.4 Å². The van der Waals surface area contributed by atoms with E-state index in [4.69, 9.17) is 19.4 Å². The predicted molar refractivity (Wildman–Crippen MR) is 240 cm³/mol. The molecule has 3 N–H and O–H groups in total. The second kappa shape index (κ2) is 17.6. The van der Waals surface area contributed by atoms with E-state index < -0.39 is 12.1 Å². The first kappa shape index (κ1) is 41.7. The van der Waals surface area contributed by atoms with Gasteiger partial charge in [-0.05, 0) is 110 Å². The van der Waals surface area contributed by atoms with E-state index in [1.54, 1.807) is 0 Å². The maximum atomic E-state index is 13.9. The summed E-state index contributed by atoms with van der Waals surface area (Å²) < 4.78 is 10.5. The number of rotatable bonds is 11. The summed E-state index contributed by atoms with van der Waals surface area (Å²) in [7, 11) is 1.31. The number of ether oxygens (including phenoxy) is 2. The first-order valence-corrected chi connectivity index (χ1v) is 22.6. The molecule has 62 heavy (non-hydrogen) atoms. The molecule has 5 atom stereocenters. The maximum absolute atomic E-state index is 13.9. The normalized spacial score (nSPS) is 22.4. The van der Waals surface area contributed by atoms with Gasteiger partial charge in [-0.25, -0.2) is 14.8 Å². The molecule has 9 rings (SSSR count). The largest absolute Gasteiger partial charge is 0.453 e. The van der Waals surface area contributed by atoms with Crippen LogP contribution in [-0.2, 0) is 19.1 Å². The highest BCUT2D eigenvalue weighted by molar-refractivity contribution is 5.87. The molecule has 1 radical (unpaired) electrons. The SMILES string of the molecule is COC(=O)N[C@H](C(=O)N1CCC[C@H]1c1nc2cc([C@H]3CC[C@H](c4ccc5[nH]c([C@@H]6CCCN6C(=O)[CH]C(C)C)nc5c4)N3c3ccc(N4CCOCC4)cc3)ccc2[nH]1)C(C)C. The number of methoxy groups -OCH3 is 1. The highest BCUT2D eigenvalue weighted by Gasteiger charge is 2.39. The monoisotopic (exact) mass is 842 g/mol. The van der Waals surface area contributed by atoms with E-state index in [1.807, 2.05) is 43.9 Å². The van der Waals surface area contributed by atoms with Crippen molar-refractivity contribution in [3.8, 4) is 0 Å². The molecular weight excluding hydrogens is 783 g/mol. The zero-order valence-corrected chi connectivity index (χ0v) is 36.6. The first-order valence-electron chi connectivity index (χ1n) is 22.6. The van der Waals surface area contributed by atoms with Crippen LogP contribution in [0.25, 0.3) is 22.1 Å². The van der Waals surface area contributed by atoms with E-state index in [2.05, 4.69) is 85.7 Å². The van der Waals surface area contributed by atoms with Gasteiger partial charge in [0.25, 0.3) is 0 Å². The lowest BCUT2D eigenvalue weighted by Crippen LogP contribution is -2.51. The number of morpholine rings is 1. The quantitative estimate of drug-likeness (QED) is 0.120. The van der Waals surface area contributed by atoms with Crippen molar-refractivity contribution in [1.29, 1.82) is 0 Å². The van der Waals surface area contributed by atoms with Gasteiger partial charge in [0.05, 0.1) is 73.0 Å². The predicted octanol–water partition coefficient (Wildman–Crippen LogP) is 7.93. The number of nitrogens with one attached hydrogen (secondary N) is 3. The van der Waals surface area contributed by atoms with E-state index >= 15 is 0 Å². The van der Waals surface area contributed by atoms with Crippen LogP contribution < -0.4 is 15.1 Å². The molecule has 3 aromatic carbocycles. The van der Waals surface area contributed by atoms with Crippen molar-refractivity contribution >= 4 is 51.3 Å². The molecule has 14 nitrogen and oxygen atoms in total. The Morgan fingerprint density at radius 3 is 1.82 bits per heavy atom. The van der Waals surface area contributed by atoms with Crippen molar-refractivity contribution < 1.29 is 23.9 Å². The summed E-state index contributed by atoms with van der Waals surface area (Å²) in [5.74, 6) is 1.66. The summed E-state index contributed by atoms with van der Waals surface area (Å²) in [6.07, 6.45) is 6.60. The number of imidazole rings is 2. The van der Waals surface area contributed by atoms with Gasteiger partial charge in [0.2, 0.25) is 11.8 Å². The number of anilines is 2. The van der Waals surface area contributed by atoms with Crippen molar-refractivity contribution in [2.45, 2.75) is 96.4 Å². The molecule has 5 aromatic rings. The van der Waals surface area contributed by atoms with Crippen LogP contribution in [0.15, 0.2) is 60.7 Å². The average molecular weight is 843 g/mol. The van der Waals surface area contributed by atoms with E-state index in [0.717, 1.165) is 111 Å². The van der Waals surface area contributed by atoms with E-state index in [-0.39, 0.29) is 47.8 Å². The van der Waals surface area contributed by atoms with Gasteiger partial charge in [0.15, 0.2) is 0 Å². The number of hydrogen-bond acceptors (Lipinski definition) is 9. The van der Waals surface area contributed by atoms with Crippen LogP contribution in [0.5, 0.6) is 0 Å². The first-order chi connectivity index (χ1) is 30.1. The van der Waals surface area contributed by atoms with Crippen molar-refractivity contribution in [2.24, 2.45) is 11.8 Å². The standard InChI is InChI=1S/C48H60N9O5/c1-29(2)26-43(58)55-20-6-8-41(55)45-49-35-16-10-31(27-37(35)51-45)39-18-19-40(57(39)34-14-12-33(13-15-34)54-22-24-62-25-23-54)32-11-17-36-38(28-32)52-46(50-36)42-9-7-21-56(42)47(59)44(30(3)4)53-48(60)61-5/h10-17,26-30,39-42,44H,6-9,18-25H2,1-5H3,(H,49,51)(H,50,52)(H,53,60)/t39-,40-,41+,42+,44+/m1/s1. The van der Waals surface area contributed by atoms with Gasteiger partial charge in [-0.15, -0.1) is 0 Å². The van der Waals surface area contributed by atoms with Crippen molar-refractivity contribution in [2.75, 3.05) is 56.3 Å². The Kier molecular flexibility index (Phi) is 11.9. The van der Waals surface area contributed by atoms with Crippen LogP contribution in [-0.4, -0.2) is 100 Å². The summed E-state index contributed by atoms with van der Waals surface area (Å²) >= 11 is 0. The number of hydrogen-bond donors (Lipinski definition) is 3. The molecule has 2 aromatic heterocycles. The summed E-state index contributed by atoms with van der Waals surface area (Å²) in [6.45, 7) is 12.5. The van der Waals surface area contributed by atoms with Crippen LogP contribution in [0.3, 0.4) is 0 Å². The third kappa shape index (κ3) is 8.21. The number of benzene rings is 3. The Labute approximate surface area is 363 Å². The average Bonchev–Trinajstić information content (AvgIpc) is 4.13. The summed E-state index contributed by atoms with van der Waals surface area (Å²) in [6, 6.07) is 21.4. The topological polar surface area (TPSA) is 152 Å². The molecule has 6 heterocycles. The van der Waals surface area contributed by atoms with E-state index in [9.17, 15) is 14.4 Å². The molecule has 0 unspecified atom stereocenters. The molecular formula is C48H60N9O5. The summed E-state index contributed by atoms with van der Waals surface area (Å²) in [4.78, 5) is 65.4. The number of carbonyl (C=O) groups excluding carboxylic acids is 3. The lowest BCUT2D eigenvalue weighted by molar-refractivity contribution is -0.135. The van der Waals surface area contributed by atoms with Crippen molar-refractivity contribution in [1.82, 2.24) is 35.1 Å². The minimum Gasteiger partial charge on any atom is -0.453 e. The molecule has 327 valence electrons. The van der Waals surface area contributed by atoms with Gasteiger partial charge in [-0.1, -0.05) is 39.8 Å². The van der Waals surface area contributed by atoms with Gasteiger partial charge in [-0.2, -0.15) is 0 Å². The van der Waals surface area contributed by atoms with Crippen LogP contribution in [0.4, 0.5) is 16.2 Å². The highest BCUT2D eigenvalue weighted by Crippen LogP contribution is 2.48. The number of nitrogens with zero attached hydrogens (tertiary/aromatic N) is 6. The molecule has 0 bridgehead atoms. The molecule has 0 spiro atoms. The molecule has 3 amide bonds. The Morgan fingerprint density at radius 1 is 0.726 bits per heavy atom. The second-order valence-corrected chi connectivity index (χ2v) is 18.1. The maximum Gasteiger partial charge on any atom is 0.407 e. The summed E-state index contributed by atoms with van der Waals surface area (Å²) in [5, 5.41) is 2.75. The number of H-pyrrole nitrogens is 2. The Balaban J connectivity index is 1.02. The van der Waals surface area contributed by atoms with Crippen molar-refractivity contribution in [3.05, 3.63) is 89.9 Å². The molecule has 4 fully saturated rings. The number of aromatic amines is 2. The zero-order chi connectivity index (χ0) is 43.1. The van der Waals surface area contributed by atoms with Gasteiger partial charge in [0.1, 0.15) is 17.7 Å². The number of aromatic nitrogens is 4. The number of amides is 3. The van der Waals surface area contributed by atoms with E-state index in [0.29, 0.717) is 6.54 Å². The number of likely N-dealkylation sites (tertiary alicyclic amines) is 2. The molecule has 4 aliphatic rings. The minimum absolute atomic E-state index is 0.0547. The highest BCUT2D eigenvalue weighted by atomic mass is 16.5. The second-order valence-electron chi connectivity index (χ2n) is 18.1. The van der Waals surface area contributed by atoms with E-state index in [1.165, 1.54) is 23.9 Å². The Hall–Kier alpha value is -5.63. The summed E-state index contributed by atoms with van der Waals surface area (Å²) in [5.41, 5.74) is 8.44. The van der Waals surface area contributed by atoms with Crippen molar-refractivity contribution in [3.63, 3.8) is 0 Å². The number of carbonyl (C=O) groups is 3. The Morgan fingerprint density at radius 2 is 1.27 bits per heavy atom. The lowest BCUT2D eigenvalue weighted by atomic mass is 10.0. The van der Waals surface area contributed by atoms with Crippen LogP contribution in [0.2, 0.25) is 0 Å². The molecule has 14 heteroatoms. The van der Waals surface area contributed by atoms with Crippen LogP contribution >= 0.6 is 0 Å². The number of fused-ring (bicyclic) bond motifs is 2. The third-order valence-electron chi connectivity index (χ3n) is 13.3. The van der Waals surface area contributed by atoms with Crippen LogP contribution in [0.1, 0.15) is 113 Å². The van der Waals surface area contributed by atoms with Gasteiger partial charge in [-0.3, -0.25) is 9.59 Å². The third-order valence-corrected chi connectivity index (χ3v) is 13.3. The fourth-order valence-corrected chi connectivity index (χ4v) is 10.2. The molecule has 0 saturated carbocycles. The Bertz CT molecular complexity index is 2400.